The molecule has 2 aromatic heterocycles. The number of aliphatic hydroxyl groups is 1. The van der Waals surface area contributed by atoms with Gasteiger partial charge in [-0.15, -0.1) is 11.3 Å². The lowest BCUT2D eigenvalue weighted by molar-refractivity contribution is 0.0584. The van der Waals surface area contributed by atoms with Crippen LogP contribution in [0.3, 0.4) is 0 Å². The van der Waals surface area contributed by atoms with Crippen molar-refractivity contribution < 1.29 is 14.6 Å². The Morgan fingerprint density at radius 1 is 1.29 bits per heavy atom. The molecule has 1 fully saturated rings. The zero-order valence-corrected chi connectivity index (χ0v) is 15.0. The van der Waals surface area contributed by atoms with Gasteiger partial charge in [0.25, 0.3) is 0 Å². The van der Waals surface area contributed by atoms with Crippen molar-refractivity contribution in [2.24, 2.45) is 5.92 Å². The minimum absolute atomic E-state index is 0.333. The Balaban J connectivity index is 1.60. The Hall–Kier alpha value is -1.63. The third-order valence-corrected chi connectivity index (χ3v) is 5.60. The van der Waals surface area contributed by atoms with Gasteiger partial charge in [0.15, 0.2) is 11.5 Å². The molecule has 2 aromatic rings. The van der Waals surface area contributed by atoms with Gasteiger partial charge >= 0.3 is 0 Å². The highest BCUT2D eigenvalue weighted by molar-refractivity contribution is 7.10. The van der Waals surface area contributed by atoms with Gasteiger partial charge in [0.2, 0.25) is 0 Å². The van der Waals surface area contributed by atoms with Gasteiger partial charge in [-0.25, -0.2) is 0 Å². The predicted molar refractivity (Wildman–Crippen MR) is 94.6 cm³/mol. The van der Waals surface area contributed by atoms with E-state index in [4.69, 9.17) is 9.47 Å². The first-order valence-corrected chi connectivity index (χ1v) is 9.10. The fourth-order valence-corrected chi connectivity index (χ4v) is 4.10. The Labute approximate surface area is 146 Å². The number of aliphatic hydroxyl groups excluding tert-OH is 1. The van der Waals surface area contributed by atoms with Gasteiger partial charge in [0.1, 0.15) is 5.69 Å². The fraction of sp³-hybridized carbons (Fsp3) is 0.500. The lowest BCUT2D eigenvalue weighted by Gasteiger charge is -2.34. The van der Waals surface area contributed by atoms with E-state index in [1.54, 1.807) is 31.8 Å². The average molecular weight is 348 g/mol. The van der Waals surface area contributed by atoms with Crippen molar-refractivity contribution in [2.45, 2.75) is 25.5 Å². The number of likely N-dealkylation sites (tertiary alicyclic amines) is 1. The summed E-state index contributed by atoms with van der Waals surface area (Å²) >= 11 is 1.63. The first kappa shape index (κ1) is 17.2. The summed E-state index contributed by atoms with van der Waals surface area (Å²) in [5.41, 5.74) is 0.897. The van der Waals surface area contributed by atoms with E-state index >= 15 is 0 Å². The quantitative estimate of drug-likeness (QED) is 0.869. The van der Waals surface area contributed by atoms with Crippen LogP contribution in [0.25, 0.3) is 0 Å². The van der Waals surface area contributed by atoms with Crippen LogP contribution in [-0.4, -0.2) is 42.3 Å². The van der Waals surface area contributed by atoms with Crippen LogP contribution < -0.4 is 9.47 Å². The number of thiophene rings is 1. The molecular weight excluding hydrogens is 324 g/mol. The van der Waals surface area contributed by atoms with Gasteiger partial charge in [0.05, 0.1) is 20.3 Å². The second kappa shape index (κ2) is 7.96. The number of aromatic nitrogens is 1. The summed E-state index contributed by atoms with van der Waals surface area (Å²) < 4.78 is 10.8. The molecule has 24 heavy (non-hydrogen) atoms. The normalized spacial score (nSPS) is 17.6. The molecule has 1 saturated heterocycles. The summed E-state index contributed by atoms with van der Waals surface area (Å²) in [5.74, 6) is 1.76. The van der Waals surface area contributed by atoms with Gasteiger partial charge in [-0.05, 0) is 43.3 Å². The molecule has 1 aliphatic rings. The van der Waals surface area contributed by atoms with Crippen LogP contribution in [0.15, 0.2) is 29.8 Å². The zero-order valence-electron chi connectivity index (χ0n) is 14.1. The molecule has 0 bridgehead atoms. The minimum Gasteiger partial charge on any atom is -0.493 e. The Morgan fingerprint density at radius 2 is 2.08 bits per heavy atom. The summed E-state index contributed by atoms with van der Waals surface area (Å²) in [7, 11) is 3.28. The molecule has 1 N–H and O–H groups in total. The van der Waals surface area contributed by atoms with Crippen molar-refractivity contribution in [3.8, 4) is 11.5 Å². The summed E-state index contributed by atoms with van der Waals surface area (Å²) in [5, 5.41) is 12.5. The van der Waals surface area contributed by atoms with E-state index < -0.39 is 0 Å². The molecule has 0 amide bonds. The van der Waals surface area contributed by atoms with Crippen LogP contribution in [0, 0.1) is 5.92 Å². The van der Waals surface area contributed by atoms with E-state index in [2.05, 4.69) is 9.88 Å². The summed E-state index contributed by atoms with van der Waals surface area (Å²) in [4.78, 5) is 7.89. The standard InChI is InChI=1S/C18H24N2O3S/c1-22-15-5-8-19-14(18(15)23-2)12-20-9-6-13(7-10-20)17(21)16-4-3-11-24-16/h3-5,8,11,13,17,21H,6-7,9-10,12H2,1-2H3. The highest BCUT2D eigenvalue weighted by Crippen LogP contribution is 2.34. The highest BCUT2D eigenvalue weighted by atomic mass is 32.1. The van der Waals surface area contributed by atoms with Crippen LogP contribution in [-0.2, 0) is 6.54 Å². The molecule has 3 rings (SSSR count). The molecule has 0 spiro atoms. The van der Waals surface area contributed by atoms with E-state index in [0.717, 1.165) is 43.0 Å². The lowest BCUT2D eigenvalue weighted by Crippen LogP contribution is -2.35. The van der Waals surface area contributed by atoms with Gasteiger partial charge in [-0.2, -0.15) is 0 Å². The van der Waals surface area contributed by atoms with Crippen molar-refractivity contribution in [2.75, 3.05) is 27.3 Å². The number of piperidine rings is 1. The SMILES string of the molecule is COc1ccnc(CN2CCC(C(O)c3cccs3)CC2)c1OC. The molecule has 0 aromatic carbocycles. The molecular formula is C18H24N2O3S. The maximum atomic E-state index is 10.5. The van der Waals surface area contributed by atoms with Crippen LogP contribution in [0.5, 0.6) is 11.5 Å². The van der Waals surface area contributed by atoms with Crippen LogP contribution in [0.2, 0.25) is 0 Å². The lowest BCUT2D eigenvalue weighted by atomic mass is 9.90. The summed E-state index contributed by atoms with van der Waals surface area (Å²) in [6.45, 7) is 2.65. The number of hydrogen-bond donors (Lipinski definition) is 1. The molecule has 3 heterocycles. The number of rotatable bonds is 6. The number of hydrogen-bond acceptors (Lipinski definition) is 6. The molecule has 0 aliphatic carbocycles. The van der Waals surface area contributed by atoms with Crippen molar-refractivity contribution in [3.05, 3.63) is 40.3 Å². The maximum Gasteiger partial charge on any atom is 0.183 e. The number of pyridine rings is 1. The third kappa shape index (κ3) is 3.71. The molecule has 0 saturated carbocycles. The van der Waals surface area contributed by atoms with Crippen molar-refractivity contribution in [1.82, 2.24) is 9.88 Å². The topological polar surface area (TPSA) is 54.8 Å². The zero-order chi connectivity index (χ0) is 16.9. The van der Waals surface area contributed by atoms with Gasteiger partial charge in [-0.3, -0.25) is 9.88 Å². The molecule has 1 unspecified atom stereocenters. The Kier molecular flexibility index (Phi) is 5.71. The number of methoxy groups -OCH3 is 2. The molecule has 5 nitrogen and oxygen atoms in total. The van der Waals surface area contributed by atoms with Crippen molar-refractivity contribution in [3.63, 3.8) is 0 Å². The molecule has 130 valence electrons. The number of nitrogens with zero attached hydrogens (tertiary/aromatic N) is 2. The maximum absolute atomic E-state index is 10.5. The third-order valence-electron chi connectivity index (χ3n) is 4.65. The molecule has 1 aliphatic heterocycles. The molecule has 6 heteroatoms. The smallest absolute Gasteiger partial charge is 0.183 e. The average Bonchev–Trinajstić information content (AvgIpc) is 3.16. The molecule has 0 radical (unpaired) electrons. The van der Waals surface area contributed by atoms with Crippen LogP contribution in [0.4, 0.5) is 0 Å². The van der Waals surface area contributed by atoms with E-state index in [1.165, 1.54) is 0 Å². The molecule has 1 atom stereocenters. The van der Waals surface area contributed by atoms with Gasteiger partial charge in [0, 0.05) is 23.7 Å². The second-order valence-electron chi connectivity index (χ2n) is 6.07. The van der Waals surface area contributed by atoms with E-state index in [0.29, 0.717) is 17.4 Å². The Bertz CT molecular complexity index is 640. The first-order chi connectivity index (χ1) is 11.7. The largest absolute Gasteiger partial charge is 0.493 e. The first-order valence-electron chi connectivity index (χ1n) is 8.22. The van der Waals surface area contributed by atoms with E-state index in [-0.39, 0.29) is 6.10 Å². The van der Waals surface area contributed by atoms with E-state index in [9.17, 15) is 5.11 Å². The van der Waals surface area contributed by atoms with Crippen LogP contribution in [0.1, 0.15) is 29.5 Å². The highest BCUT2D eigenvalue weighted by Gasteiger charge is 2.27. The fourth-order valence-electron chi connectivity index (χ4n) is 3.29. The summed E-state index contributed by atoms with van der Waals surface area (Å²) in [6.07, 6.45) is 3.40. The van der Waals surface area contributed by atoms with Crippen LogP contribution >= 0.6 is 11.3 Å². The monoisotopic (exact) mass is 348 g/mol. The van der Waals surface area contributed by atoms with Gasteiger partial charge in [-0.1, -0.05) is 6.07 Å². The summed E-state index contributed by atoms with van der Waals surface area (Å²) in [6, 6.07) is 5.83. The second-order valence-corrected chi connectivity index (χ2v) is 7.05. The predicted octanol–water partition coefficient (Wildman–Crippen LogP) is 3.11. The van der Waals surface area contributed by atoms with E-state index in [1.807, 2.05) is 23.6 Å². The van der Waals surface area contributed by atoms with Crippen molar-refractivity contribution in [1.29, 1.82) is 0 Å². The van der Waals surface area contributed by atoms with Crippen molar-refractivity contribution >= 4 is 11.3 Å². The number of ether oxygens (including phenoxy) is 2. The van der Waals surface area contributed by atoms with Gasteiger partial charge < -0.3 is 14.6 Å². The minimum atomic E-state index is -0.336. The Morgan fingerprint density at radius 3 is 2.71 bits per heavy atom.